The van der Waals surface area contributed by atoms with Gasteiger partial charge in [0.15, 0.2) is 0 Å². The summed E-state index contributed by atoms with van der Waals surface area (Å²) in [7, 11) is 0. The van der Waals surface area contributed by atoms with E-state index in [9.17, 15) is 14.4 Å². The van der Waals surface area contributed by atoms with Gasteiger partial charge in [0.1, 0.15) is 0 Å². The number of piperidine rings is 1. The van der Waals surface area contributed by atoms with Gasteiger partial charge in [0.2, 0.25) is 17.7 Å². The molecular formula is C20H26ClN3O3. The molecule has 1 atom stereocenters. The lowest BCUT2D eigenvalue weighted by Gasteiger charge is -2.32. The van der Waals surface area contributed by atoms with E-state index in [-0.39, 0.29) is 23.6 Å². The quantitative estimate of drug-likeness (QED) is 0.774. The normalized spacial score (nSPS) is 20.3. The van der Waals surface area contributed by atoms with Crippen molar-refractivity contribution >= 4 is 29.3 Å². The van der Waals surface area contributed by atoms with Crippen molar-refractivity contribution in [3.8, 4) is 0 Å². The lowest BCUT2D eigenvalue weighted by molar-refractivity contribution is -0.138. The van der Waals surface area contributed by atoms with Gasteiger partial charge >= 0.3 is 0 Å². The molecule has 0 radical (unpaired) electrons. The number of halogens is 1. The zero-order chi connectivity index (χ0) is 19.2. The van der Waals surface area contributed by atoms with Gasteiger partial charge in [-0.05, 0) is 30.9 Å². The topological polar surface area (TPSA) is 69.7 Å². The maximum atomic E-state index is 12.5. The van der Waals surface area contributed by atoms with Gasteiger partial charge in [0.25, 0.3) is 0 Å². The largest absolute Gasteiger partial charge is 0.352 e. The van der Waals surface area contributed by atoms with Crippen molar-refractivity contribution in [2.24, 2.45) is 5.92 Å². The van der Waals surface area contributed by atoms with Crippen LogP contribution in [0.1, 0.15) is 37.7 Å². The van der Waals surface area contributed by atoms with Crippen LogP contribution >= 0.6 is 11.6 Å². The standard InChI is InChI=1S/C20H26ClN3O3/c21-17-6-2-1-5-15(17)13-22-20(27)16-8-9-19(26)24(14-16)12-4-11-23-10-3-7-18(23)25/h1-2,5-6,16H,3-4,7-14H2,(H,22,27)/t16-/m1/s1. The number of likely N-dealkylation sites (tertiary alicyclic amines) is 2. The average Bonchev–Trinajstić information content (AvgIpc) is 3.07. The molecule has 0 aliphatic carbocycles. The number of amides is 3. The number of carbonyl (C=O) groups excluding carboxylic acids is 3. The molecule has 3 rings (SSSR count). The zero-order valence-corrected chi connectivity index (χ0v) is 16.2. The molecule has 7 heteroatoms. The number of rotatable bonds is 7. The van der Waals surface area contributed by atoms with Crippen LogP contribution in [0.4, 0.5) is 0 Å². The van der Waals surface area contributed by atoms with E-state index in [0.29, 0.717) is 50.5 Å². The molecule has 27 heavy (non-hydrogen) atoms. The average molecular weight is 392 g/mol. The summed E-state index contributed by atoms with van der Waals surface area (Å²) in [5.74, 6) is 0.0652. The second kappa shape index (κ2) is 9.22. The minimum atomic E-state index is -0.196. The van der Waals surface area contributed by atoms with Gasteiger partial charge in [-0.25, -0.2) is 0 Å². The third-order valence-electron chi connectivity index (χ3n) is 5.31. The van der Waals surface area contributed by atoms with Crippen LogP contribution in [0.2, 0.25) is 5.02 Å². The highest BCUT2D eigenvalue weighted by Crippen LogP contribution is 2.20. The van der Waals surface area contributed by atoms with E-state index in [1.165, 1.54) is 0 Å². The molecule has 1 aromatic carbocycles. The second-order valence-electron chi connectivity index (χ2n) is 7.22. The van der Waals surface area contributed by atoms with Crippen LogP contribution in [0.5, 0.6) is 0 Å². The molecule has 146 valence electrons. The van der Waals surface area contributed by atoms with E-state index in [1.807, 2.05) is 23.1 Å². The van der Waals surface area contributed by atoms with Crippen LogP contribution in [-0.4, -0.2) is 53.7 Å². The van der Waals surface area contributed by atoms with Crippen molar-refractivity contribution in [2.75, 3.05) is 26.2 Å². The third-order valence-corrected chi connectivity index (χ3v) is 5.68. The molecule has 0 spiro atoms. The number of nitrogens with one attached hydrogen (secondary N) is 1. The molecule has 2 fully saturated rings. The smallest absolute Gasteiger partial charge is 0.225 e. The Balaban J connectivity index is 1.45. The van der Waals surface area contributed by atoms with Crippen LogP contribution in [-0.2, 0) is 20.9 Å². The fourth-order valence-electron chi connectivity index (χ4n) is 3.71. The van der Waals surface area contributed by atoms with E-state index >= 15 is 0 Å². The Morgan fingerprint density at radius 3 is 2.59 bits per heavy atom. The third kappa shape index (κ3) is 5.22. The summed E-state index contributed by atoms with van der Waals surface area (Å²) in [6, 6.07) is 7.43. The Labute approximate surface area is 164 Å². The Kier molecular flexibility index (Phi) is 6.72. The zero-order valence-electron chi connectivity index (χ0n) is 15.5. The van der Waals surface area contributed by atoms with Crippen LogP contribution in [0.15, 0.2) is 24.3 Å². The highest BCUT2D eigenvalue weighted by Gasteiger charge is 2.30. The first kappa shape index (κ1) is 19.7. The lowest BCUT2D eigenvalue weighted by atomic mass is 9.96. The van der Waals surface area contributed by atoms with Gasteiger partial charge in [-0.15, -0.1) is 0 Å². The SMILES string of the molecule is O=C(NCc1ccccc1Cl)[C@@H]1CCC(=O)N(CCCN2CCCC2=O)C1. The first-order valence-corrected chi connectivity index (χ1v) is 9.99. The summed E-state index contributed by atoms with van der Waals surface area (Å²) in [5, 5.41) is 3.57. The first-order chi connectivity index (χ1) is 13.0. The minimum Gasteiger partial charge on any atom is -0.352 e. The molecule has 2 saturated heterocycles. The van der Waals surface area contributed by atoms with Gasteiger partial charge < -0.3 is 15.1 Å². The highest BCUT2D eigenvalue weighted by molar-refractivity contribution is 6.31. The van der Waals surface area contributed by atoms with Gasteiger partial charge in [0.05, 0.1) is 5.92 Å². The highest BCUT2D eigenvalue weighted by atomic mass is 35.5. The van der Waals surface area contributed by atoms with Gasteiger partial charge in [-0.3, -0.25) is 14.4 Å². The van der Waals surface area contributed by atoms with Crippen molar-refractivity contribution in [2.45, 2.75) is 38.6 Å². The maximum Gasteiger partial charge on any atom is 0.225 e. The Hall–Kier alpha value is -2.08. The lowest BCUT2D eigenvalue weighted by Crippen LogP contribution is -2.46. The van der Waals surface area contributed by atoms with Gasteiger partial charge in [-0.2, -0.15) is 0 Å². The number of benzene rings is 1. The fourth-order valence-corrected chi connectivity index (χ4v) is 3.91. The summed E-state index contributed by atoms with van der Waals surface area (Å²) in [6.45, 7) is 2.93. The molecule has 0 unspecified atom stereocenters. The molecule has 1 aromatic rings. The first-order valence-electron chi connectivity index (χ1n) is 9.61. The monoisotopic (exact) mass is 391 g/mol. The van der Waals surface area contributed by atoms with Crippen LogP contribution in [0, 0.1) is 5.92 Å². The van der Waals surface area contributed by atoms with Crippen molar-refractivity contribution in [3.63, 3.8) is 0 Å². The molecule has 3 amide bonds. The van der Waals surface area contributed by atoms with E-state index in [4.69, 9.17) is 11.6 Å². The van der Waals surface area contributed by atoms with Crippen molar-refractivity contribution in [1.29, 1.82) is 0 Å². The molecule has 1 N–H and O–H groups in total. The molecule has 2 aliphatic heterocycles. The molecule has 6 nitrogen and oxygen atoms in total. The summed E-state index contributed by atoms with van der Waals surface area (Å²) in [6.07, 6.45) is 3.29. The van der Waals surface area contributed by atoms with Crippen LogP contribution in [0.3, 0.4) is 0 Å². The van der Waals surface area contributed by atoms with Crippen molar-refractivity contribution in [3.05, 3.63) is 34.9 Å². The summed E-state index contributed by atoms with van der Waals surface area (Å²) in [4.78, 5) is 40.0. The van der Waals surface area contributed by atoms with Crippen molar-refractivity contribution < 1.29 is 14.4 Å². The minimum absolute atomic E-state index is 0.0397. The summed E-state index contributed by atoms with van der Waals surface area (Å²) >= 11 is 6.12. The number of nitrogens with zero attached hydrogens (tertiary/aromatic N) is 2. The van der Waals surface area contributed by atoms with E-state index in [0.717, 1.165) is 24.9 Å². The number of carbonyl (C=O) groups is 3. The molecule has 0 aromatic heterocycles. The number of hydrogen-bond donors (Lipinski definition) is 1. The maximum absolute atomic E-state index is 12.5. The van der Waals surface area contributed by atoms with Crippen LogP contribution in [0.25, 0.3) is 0 Å². The van der Waals surface area contributed by atoms with E-state index in [2.05, 4.69) is 5.32 Å². The predicted octanol–water partition coefficient (Wildman–Crippen LogP) is 2.21. The van der Waals surface area contributed by atoms with Crippen molar-refractivity contribution in [1.82, 2.24) is 15.1 Å². The Bertz CT molecular complexity index is 709. The van der Waals surface area contributed by atoms with E-state index in [1.54, 1.807) is 11.0 Å². The Morgan fingerprint density at radius 2 is 1.85 bits per heavy atom. The molecule has 2 aliphatic rings. The molecular weight excluding hydrogens is 366 g/mol. The molecule has 2 heterocycles. The Morgan fingerprint density at radius 1 is 1.11 bits per heavy atom. The molecule has 0 bridgehead atoms. The van der Waals surface area contributed by atoms with Crippen LogP contribution < -0.4 is 5.32 Å². The predicted molar refractivity (Wildman–Crippen MR) is 103 cm³/mol. The molecule has 0 saturated carbocycles. The number of hydrogen-bond acceptors (Lipinski definition) is 3. The summed E-state index contributed by atoms with van der Waals surface area (Å²) in [5.41, 5.74) is 0.881. The fraction of sp³-hybridized carbons (Fsp3) is 0.550. The van der Waals surface area contributed by atoms with Gasteiger partial charge in [-0.1, -0.05) is 29.8 Å². The second-order valence-corrected chi connectivity index (χ2v) is 7.63. The summed E-state index contributed by atoms with van der Waals surface area (Å²) < 4.78 is 0. The van der Waals surface area contributed by atoms with Gasteiger partial charge in [0, 0.05) is 50.6 Å². The van der Waals surface area contributed by atoms with E-state index < -0.39 is 0 Å².